The summed E-state index contributed by atoms with van der Waals surface area (Å²) >= 11 is 0. The third kappa shape index (κ3) is 5.29. The fraction of sp³-hybridized carbons (Fsp3) is 0.444. The first-order valence-electron chi connectivity index (χ1n) is 13.0. The largest absolute Gasteiger partial charge is 0.419 e. The Morgan fingerprint density at radius 1 is 1.15 bits per heavy atom. The number of likely N-dealkylation sites (N-methyl/N-ethyl adjacent to an activating group) is 1. The van der Waals surface area contributed by atoms with Crippen LogP contribution in [0.1, 0.15) is 54.4 Å². The number of carbonyl (C=O) groups excluding carboxylic acids is 2. The molecule has 0 spiro atoms. The maximum atomic E-state index is 13.9. The molecule has 0 atom stereocenters. The van der Waals surface area contributed by atoms with Gasteiger partial charge in [0.05, 0.1) is 11.3 Å². The quantitative estimate of drug-likeness (QED) is 0.340. The molecule has 1 saturated heterocycles. The monoisotopic (exact) mass is 559 g/mol. The molecule has 40 heavy (non-hydrogen) atoms. The van der Waals surface area contributed by atoms with E-state index in [0.29, 0.717) is 56.6 Å². The Morgan fingerprint density at radius 3 is 2.55 bits per heavy atom. The second-order valence-electron chi connectivity index (χ2n) is 10.4. The van der Waals surface area contributed by atoms with Gasteiger partial charge in [-0.2, -0.15) is 13.2 Å². The number of hydrogen-bond acceptors (Lipinski definition) is 7. The highest BCUT2D eigenvalue weighted by Crippen LogP contribution is 2.37. The molecule has 0 radical (unpaired) electrons. The van der Waals surface area contributed by atoms with E-state index in [1.54, 1.807) is 6.20 Å². The van der Waals surface area contributed by atoms with Crippen molar-refractivity contribution in [2.24, 2.45) is 0 Å². The van der Waals surface area contributed by atoms with Gasteiger partial charge in [-0.05, 0) is 51.9 Å². The number of imidazole rings is 1. The molecular formula is C27H29F4N7O2. The van der Waals surface area contributed by atoms with Crippen molar-refractivity contribution in [1.82, 2.24) is 24.4 Å². The van der Waals surface area contributed by atoms with Crippen molar-refractivity contribution in [2.75, 3.05) is 36.9 Å². The number of hydrogen-bond donors (Lipinski definition) is 1. The summed E-state index contributed by atoms with van der Waals surface area (Å²) < 4.78 is 56.1. The smallest absolute Gasteiger partial charge is 0.356 e. The number of fused-ring (bicyclic) bond motifs is 1. The lowest BCUT2D eigenvalue weighted by molar-refractivity contribution is -0.139. The van der Waals surface area contributed by atoms with Gasteiger partial charge in [0.1, 0.15) is 35.2 Å². The standard InChI is InChI=1S/C27H29F4N7O2/c1-15(2)36(3)10-11-38-13-20(17-4-5-19(28)18(12-17)27(29,30)31)34-24(38)16-6-8-37(9-7-16)25-21-22(39)26(40)35-23(21)32-14-33-25/h4-5,12-16H,6-11H2,1-3H3,(H,32,33,35,39,40). The molecule has 0 bridgehead atoms. The topological polar surface area (TPSA) is 96.2 Å². The first kappa shape index (κ1) is 27.7. The molecule has 13 heteroatoms. The fourth-order valence-corrected chi connectivity index (χ4v) is 5.05. The number of anilines is 2. The molecule has 2 aliphatic rings. The van der Waals surface area contributed by atoms with Gasteiger partial charge in [0, 0.05) is 49.9 Å². The Morgan fingerprint density at radius 2 is 1.88 bits per heavy atom. The molecule has 0 unspecified atom stereocenters. The lowest BCUT2D eigenvalue weighted by Crippen LogP contribution is -2.35. The number of ketones is 1. The van der Waals surface area contributed by atoms with Gasteiger partial charge < -0.3 is 19.7 Å². The molecule has 212 valence electrons. The average molecular weight is 560 g/mol. The normalized spacial score (nSPS) is 16.3. The predicted molar refractivity (Wildman–Crippen MR) is 140 cm³/mol. The van der Waals surface area contributed by atoms with Crippen molar-refractivity contribution in [2.45, 2.75) is 51.4 Å². The summed E-state index contributed by atoms with van der Waals surface area (Å²) in [6.45, 7) is 6.48. The zero-order valence-electron chi connectivity index (χ0n) is 22.3. The number of piperidine rings is 1. The van der Waals surface area contributed by atoms with Gasteiger partial charge in [-0.3, -0.25) is 9.59 Å². The molecule has 1 N–H and O–H groups in total. The summed E-state index contributed by atoms with van der Waals surface area (Å²) in [7, 11) is 2.00. The van der Waals surface area contributed by atoms with Crippen molar-refractivity contribution in [3.8, 4) is 11.3 Å². The summed E-state index contributed by atoms with van der Waals surface area (Å²) in [6.07, 6.45) is -0.497. The van der Waals surface area contributed by atoms with Crippen LogP contribution < -0.4 is 10.2 Å². The van der Waals surface area contributed by atoms with Gasteiger partial charge in [-0.15, -0.1) is 0 Å². The Hall–Kier alpha value is -3.87. The molecule has 2 aliphatic heterocycles. The van der Waals surface area contributed by atoms with Gasteiger partial charge in [0.25, 0.3) is 11.7 Å². The number of amides is 1. The molecule has 4 heterocycles. The minimum atomic E-state index is -4.82. The van der Waals surface area contributed by atoms with Crippen LogP contribution in [0.25, 0.3) is 11.3 Å². The number of carbonyl (C=O) groups is 2. The summed E-state index contributed by atoms with van der Waals surface area (Å²) in [6, 6.07) is 3.24. The van der Waals surface area contributed by atoms with Crippen molar-refractivity contribution >= 4 is 23.3 Å². The van der Waals surface area contributed by atoms with Crippen LogP contribution >= 0.6 is 0 Å². The highest BCUT2D eigenvalue weighted by Gasteiger charge is 2.37. The van der Waals surface area contributed by atoms with Crippen LogP contribution in [0.3, 0.4) is 0 Å². The first-order valence-corrected chi connectivity index (χ1v) is 13.0. The van der Waals surface area contributed by atoms with E-state index < -0.39 is 29.2 Å². The summed E-state index contributed by atoms with van der Waals surface area (Å²) in [5.74, 6) is -1.39. The molecule has 1 fully saturated rings. The number of alkyl halides is 3. The van der Waals surface area contributed by atoms with E-state index in [1.165, 1.54) is 12.4 Å². The first-order chi connectivity index (χ1) is 18.9. The zero-order chi connectivity index (χ0) is 28.8. The van der Waals surface area contributed by atoms with Gasteiger partial charge in [-0.1, -0.05) is 0 Å². The molecule has 5 rings (SSSR count). The molecule has 9 nitrogen and oxygen atoms in total. The zero-order valence-corrected chi connectivity index (χ0v) is 22.3. The Kier molecular flexibility index (Phi) is 7.34. The molecule has 1 aromatic carbocycles. The minimum Gasteiger partial charge on any atom is -0.356 e. The van der Waals surface area contributed by atoms with Crippen LogP contribution in [0.2, 0.25) is 0 Å². The van der Waals surface area contributed by atoms with Crippen molar-refractivity contribution in [3.63, 3.8) is 0 Å². The Bertz CT molecular complexity index is 1450. The minimum absolute atomic E-state index is 0.0118. The van der Waals surface area contributed by atoms with Crippen molar-refractivity contribution < 1.29 is 27.2 Å². The van der Waals surface area contributed by atoms with Crippen LogP contribution in [-0.2, 0) is 17.5 Å². The molecular weight excluding hydrogens is 530 g/mol. The highest BCUT2D eigenvalue weighted by atomic mass is 19.4. The Balaban J connectivity index is 1.41. The van der Waals surface area contributed by atoms with Crippen LogP contribution in [0, 0.1) is 5.82 Å². The summed E-state index contributed by atoms with van der Waals surface area (Å²) in [5, 5.41) is 2.46. The van der Waals surface area contributed by atoms with Gasteiger partial charge in [0.2, 0.25) is 0 Å². The lowest BCUT2D eigenvalue weighted by atomic mass is 9.95. The number of Topliss-reactive ketones (excluding diaryl/α,β-unsaturated/α-hetero) is 1. The number of nitrogens with zero attached hydrogens (tertiary/aromatic N) is 6. The van der Waals surface area contributed by atoms with E-state index in [-0.39, 0.29) is 22.9 Å². The third-order valence-electron chi connectivity index (χ3n) is 7.60. The summed E-state index contributed by atoms with van der Waals surface area (Å²) in [4.78, 5) is 41.4. The Labute approximate surface area is 228 Å². The number of nitrogens with one attached hydrogen (secondary N) is 1. The second kappa shape index (κ2) is 10.6. The van der Waals surface area contributed by atoms with Crippen LogP contribution in [0.15, 0.2) is 30.7 Å². The van der Waals surface area contributed by atoms with E-state index in [2.05, 4.69) is 34.0 Å². The van der Waals surface area contributed by atoms with Gasteiger partial charge >= 0.3 is 6.18 Å². The van der Waals surface area contributed by atoms with Crippen LogP contribution in [0.4, 0.5) is 29.2 Å². The molecule has 0 saturated carbocycles. The highest BCUT2D eigenvalue weighted by molar-refractivity contribution is 6.52. The van der Waals surface area contributed by atoms with Crippen molar-refractivity contribution in [3.05, 3.63) is 53.5 Å². The lowest BCUT2D eigenvalue weighted by Gasteiger charge is -2.33. The van der Waals surface area contributed by atoms with Gasteiger partial charge in [-0.25, -0.2) is 19.3 Å². The van der Waals surface area contributed by atoms with Crippen LogP contribution in [0.5, 0.6) is 0 Å². The third-order valence-corrected chi connectivity index (χ3v) is 7.60. The van der Waals surface area contributed by atoms with E-state index in [0.717, 1.165) is 18.0 Å². The number of rotatable bonds is 7. The molecule has 2 aromatic heterocycles. The van der Waals surface area contributed by atoms with E-state index in [1.807, 2.05) is 16.5 Å². The van der Waals surface area contributed by atoms with Crippen molar-refractivity contribution in [1.29, 1.82) is 0 Å². The number of halogens is 4. The predicted octanol–water partition coefficient (Wildman–Crippen LogP) is 4.36. The van der Waals surface area contributed by atoms with E-state index in [9.17, 15) is 27.2 Å². The maximum Gasteiger partial charge on any atom is 0.419 e. The van der Waals surface area contributed by atoms with Crippen LogP contribution in [-0.4, -0.2) is 68.8 Å². The van der Waals surface area contributed by atoms with E-state index in [4.69, 9.17) is 4.98 Å². The average Bonchev–Trinajstić information content (AvgIpc) is 3.47. The summed E-state index contributed by atoms with van der Waals surface area (Å²) in [5.41, 5.74) is -0.619. The second-order valence-corrected chi connectivity index (χ2v) is 10.4. The number of benzene rings is 1. The van der Waals surface area contributed by atoms with E-state index >= 15 is 0 Å². The molecule has 0 aliphatic carbocycles. The number of aromatic nitrogens is 4. The SMILES string of the molecule is CC(C)N(C)CCn1cc(-c2ccc(F)c(C(F)(F)F)c2)nc1C1CCN(c2ncnc3c2C(=O)C(=O)N3)CC1. The molecule has 1 amide bonds. The maximum absolute atomic E-state index is 13.9. The fourth-order valence-electron chi connectivity index (χ4n) is 5.05. The molecule has 3 aromatic rings. The van der Waals surface area contributed by atoms with Gasteiger partial charge in [0.15, 0.2) is 0 Å².